The number of hydrogen-bond acceptors (Lipinski definition) is 0. The van der Waals surface area contributed by atoms with Crippen LogP contribution >= 0.6 is 0 Å². The molecular formula is C20H16. The molecule has 0 aromatic heterocycles. The monoisotopic (exact) mass is 256 g/mol. The summed E-state index contributed by atoms with van der Waals surface area (Å²) in [6, 6.07) is 24.1. The molecule has 0 nitrogen and oxygen atoms in total. The molecule has 0 N–H and O–H groups in total. The molecule has 0 unspecified atom stereocenters. The topological polar surface area (TPSA) is 0 Å². The minimum Gasteiger partial charge on any atom is -0.0622 e. The van der Waals surface area contributed by atoms with Gasteiger partial charge in [-0.1, -0.05) is 66.7 Å². The van der Waals surface area contributed by atoms with Gasteiger partial charge in [0.25, 0.3) is 0 Å². The average molecular weight is 256 g/mol. The van der Waals surface area contributed by atoms with E-state index in [2.05, 4.69) is 73.7 Å². The zero-order valence-electron chi connectivity index (χ0n) is 11.6. The van der Waals surface area contributed by atoms with Gasteiger partial charge < -0.3 is 0 Å². The van der Waals surface area contributed by atoms with Crippen LogP contribution < -0.4 is 0 Å². The Morgan fingerprint density at radius 3 is 2.30 bits per heavy atom. The summed E-state index contributed by atoms with van der Waals surface area (Å²) in [6.07, 6.45) is 1.06. The van der Waals surface area contributed by atoms with Crippen molar-refractivity contribution in [2.24, 2.45) is 0 Å². The van der Waals surface area contributed by atoms with Crippen molar-refractivity contribution in [3.8, 4) is 22.3 Å². The van der Waals surface area contributed by atoms with Crippen LogP contribution in [-0.4, -0.2) is 0 Å². The fraction of sp³-hybridized carbons (Fsp3) is 0.100. The predicted molar refractivity (Wildman–Crippen MR) is 84.9 cm³/mol. The Morgan fingerprint density at radius 2 is 1.45 bits per heavy atom. The fourth-order valence-corrected chi connectivity index (χ4v) is 3.31. The van der Waals surface area contributed by atoms with Gasteiger partial charge in [-0.05, 0) is 52.3 Å². The lowest BCUT2D eigenvalue weighted by atomic mass is 9.95. The summed E-state index contributed by atoms with van der Waals surface area (Å²) in [5.74, 6) is 0. The van der Waals surface area contributed by atoms with Gasteiger partial charge in [0, 0.05) is 0 Å². The van der Waals surface area contributed by atoms with Crippen molar-refractivity contribution in [3.63, 3.8) is 0 Å². The molecule has 0 saturated carbocycles. The summed E-state index contributed by atoms with van der Waals surface area (Å²) in [5.41, 5.74) is 9.79. The zero-order chi connectivity index (χ0) is 13.5. The Balaban J connectivity index is 1.91. The highest BCUT2D eigenvalue weighted by molar-refractivity contribution is 5.82. The van der Waals surface area contributed by atoms with Crippen LogP contribution in [0.2, 0.25) is 0 Å². The van der Waals surface area contributed by atoms with E-state index in [9.17, 15) is 0 Å². The van der Waals surface area contributed by atoms with E-state index in [0.29, 0.717) is 0 Å². The van der Waals surface area contributed by atoms with Crippen molar-refractivity contribution in [1.29, 1.82) is 0 Å². The Bertz CT molecular complexity index is 782. The van der Waals surface area contributed by atoms with E-state index in [4.69, 9.17) is 0 Å². The molecule has 3 aromatic rings. The molecule has 1 aliphatic rings. The zero-order valence-corrected chi connectivity index (χ0v) is 11.6. The van der Waals surface area contributed by atoms with Gasteiger partial charge in [-0.15, -0.1) is 0 Å². The lowest BCUT2D eigenvalue weighted by Gasteiger charge is -2.10. The molecule has 4 rings (SSSR count). The van der Waals surface area contributed by atoms with Crippen LogP contribution in [0.15, 0.2) is 66.7 Å². The van der Waals surface area contributed by atoms with Gasteiger partial charge in [0.15, 0.2) is 0 Å². The first-order valence-electron chi connectivity index (χ1n) is 7.10. The second-order valence-corrected chi connectivity index (χ2v) is 5.53. The Hall–Kier alpha value is -2.34. The molecule has 0 aliphatic heterocycles. The van der Waals surface area contributed by atoms with E-state index >= 15 is 0 Å². The van der Waals surface area contributed by atoms with Gasteiger partial charge >= 0.3 is 0 Å². The van der Waals surface area contributed by atoms with Gasteiger partial charge in [-0.3, -0.25) is 0 Å². The summed E-state index contributed by atoms with van der Waals surface area (Å²) in [5, 5.41) is 0. The van der Waals surface area contributed by atoms with Crippen molar-refractivity contribution in [1.82, 2.24) is 0 Å². The quantitative estimate of drug-likeness (QED) is 0.437. The third-order valence-corrected chi connectivity index (χ3v) is 4.19. The highest BCUT2D eigenvalue weighted by Gasteiger charge is 2.20. The first-order chi connectivity index (χ1) is 9.83. The normalized spacial score (nSPS) is 12.1. The Labute approximate surface area is 119 Å². The maximum atomic E-state index is 2.36. The summed E-state index contributed by atoms with van der Waals surface area (Å²) >= 11 is 0. The van der Waals surface area contributed by atoms with Crippen molar-refractivity contribution < 1.29 is 0 Å². The maximum Gasteiger partial charge on any atom is -0.00131 e. The number of aryl methyl sites for hydroxylation is 1. The lowest BCUT2D eigenvalue weighted by Crippen LogP contribution is -1.87. The van der Waals surface area contributed by atoms with E-state index in [1.807, 2.05) is 0 Å². The van der Waals surface area contributed by atoms with E-state index in [0.717, 1.165) is 6.42 Å². The van der Waals surface area contributed by atoms with Gasteiger partial charge in [-0.25, -0.2) is 0 Å². The van der Waals surface area contributed by atoms with Crippen LogP contribution in [0, 0.1) is 6.92 Å². The van der Waals surface area contributed by atoms with Crippen LogP contribution in [0.4, 0.5) is 0 Å². The second-order valence-electron chi connectivity index (χ2n) is 5.53. The molecule has 0 heteroatoms. The number of fused-ring (bicyclic) bond motifs is 3. The number of hydrogen-bond donors (Lipinski definition) is 0. The SMILES string of the molecule is Cc1cc(-c2ccccc2)cc2c1-c1ccccc1C2. The molecule has 0 saturated heterocycles. The largest absolute Gasteiger partial charge is 0.0622 e. The minimum atomic E-state index is 1.06. The van der Waals surface area contributed by atoms with Crippen LogP contribution in [0.3, 0.4) is 0 Å². The standard InChI is InChI=1S/C20H16/c1-14-11-17(15-7-3-2-4-8-15)13-18-12-16-9-5-6-10-19(16)20(14)18/h2-11,13H,12H2,1H3. The molecule has 3 aromatic carbocycles. The summed E-state index contributed by atoms with van der Waals surface area (Å²) in [4.78, 5) is 0. The van der Waals surface area contributed by atoms with Crippen LogP contribution in [0.1, 0.15) is 16.7 Å². The molecule has 1 aliphatic carbocycles. The smallest absolute Gasteiger partial charge is 0.00131 e. The molecule has 0 spiro atoms. The van der Waals surface area contributed by atoms with Crippen LogP contribution in [0.25, 0.3) is 22.3 Å². The Kier molecular flexibility index (Phi) is 2.50. The summed E-state index contributed by atoms with van der Waals surface area (Å²) < 4.78 is 0. The third kappa shape index (κ3) is 1.69. The first kappa shape index (κ1) is 11.5. The minimum absolute atomic E-state index is 1.06. The van der Waals surface area contributed by atoms with E-state index in [1.54, 1.807) is 0 Å². The second kappa shape index (κ2) is 4.35. The van der Waals surface area contributed by atoms with E-state index < -0.39 is 0 Å². The van der Waals surface area contributed by atoms with Crippen LogP contribution in [-0.2, 0) is 6.42 Å². The molecule has 0 heterocycles. The molecule has 0 bridgehead atoms. The van der Waals surface area contributed by atoms with E-state index in [-0.39, 0.29) is 0 Å². The highest BCUT2D eigenvalue weighted by atomic mass is 14.2. The first-order valence-corrected chi connectivity index (χ1v) is 7.10. The average Bonchev–Trinajstić information content (AvgIpc) is 2.87. The Morgan fingerprint density at radius 1 is 0.700 bits per heavy atom. The predicted octanol–water partition coefficient (Wildman–Crippen LogP) is 5.23. The highest BCUT2D eigenvalue weighted by Crippen LogP contribution is 2.40. The fourth-order valence-electron chi connectivity index (χ4n) is 3.31. The van der Waals surface area contributed by atoms with Gasteiger partial charge in [-0.2, -0.15) is 0 Å². The molecule has 96 valence electrons. The van der Waals surface area contributed by atoms with Gasteiger partial charge in [0.05, 0.1) is 0 Å². The number of benzene rings is 3. The van der Waals surface area contributed by atoms with Crippen molar-refractivity contribution in [3.05, 3.63) is 83.4 Å². The van der Waals surface area contributed by atoms with E-state index in [1.165, 1.54) is 38.9 Å². The van der Waals surface area contributed by atoms with Gasteiger partial charge in [0.2, 0.25) is 0 Å². The van der Waals surface area contributed by atoms with Crippen LogP contribution in [0.5, 0.6) is 0 Å². The van der Waals surface area contributed by atoms with Gasteiger partial charge in [0.1, 0.15) is 0 Å². The molecule has 0 amide bonds. The molecular weight excluding hydrogens is 240 g/mol. The van der Waals surface area contributed by atoms with Crippen molar-refractivity contribution >= 4 is 0 Å². The third-order valence-electron chi connectivity index (χ3n) is 4.19. The molecule has 0 radical (unpaired) electrons. The molecule has 20 heavy (non-hydrogen) atoms. The molecule has 0 atom stereocenters. The molecule has 0 fully saturated rings. The number of rotatable bonds is 1. The summed E-state index contributed by atoms with van der Waals surface area (Å²) in [7, 11) is 0. The lowest BCUT2D eigenvalue weighted by molar-refractivity contribution is 1.26. The summed E-state index contributed by atoms with van der Waals surface area (Å²) in [6.45, 7) is 2.23. The van der Waals surface area contributed by atoms with Crippen molar-refractivity contribution in [2.45, 2.75) is 13.3 Å². The van der Waals surface area contributed by atoms with Crippen molar-refractivity contribution in [2.75, 3.05) is 0 Å². The maximum absolute atomic E-state index is 2.36.